The molecule has 0 aliphatic carbocycles. The average molecular weight is 253 g/mol. The number of hydrogen-bond acceptors (Lipinski definition) is 3. The number of piperazine rings is 1. The Morgan fingerprint density at radius 3 is 2.50 bits per heavy atom. The summed E-state index contributed by atoms with van der Waals surface area (Å²) in [4.78, 5) is 28.9. The van der Waals surface area contributed by atoms with Crippen LogP contribution in [0.25, 0.3) is 0 Å². The lowest BCUT2D eigenvalue weighted by molar-refractivity contribution is -0.146. The number of carboxylic acids is 1. The number of carbonyl (C=O) groups excluding carboxylic acids is 1. The van der Waals surface area contributed by atoms with Gasteiger partial charge in [0.05, 0.1) is 5.92 Å². The molecule has 1 atom stereocenters. The van der Waals surface area contributed by atoms with E-state index in [0.29, 0.717) is 19.1 Å². The summed E-state index contributed by atoms with van der Waals surface area (Å²) in [7, 11) is 0. The van der Waals surface area contributed by atoms with Crippen molar-refractivity contribution in [1.29, 1.82) is 0 Å². The summed E-state index contributed by atoms with van der Waals surface area (Å²) in [5, 5.41) is 8.81. The molecule has 3 saturated heterocycles. The maximum Gasteiger partial charge on any atom is 0.320 e. The highest BCUT2D eigenvalue weighted by atomic mass is 16.4. The van der Waals surface area contributed by atoms with E-state index in [0.717, 1.165) is 26.2 Å². The summed E-state index contributed by atoms with van der Waals surface area (Å²) in [5.74, 6) is -1.15. The third kappa shape index (κ3) is 1.94. The summed E-state index contributed by atoms with van der Waals surface area (Å²) in [6.45, 7) is 4.47. The Hall–Kier alpha value is -1.30. The van der Waals surface area contributed by atoms with Gasteiger partial charge in [-0.25, -0.2) is 4.79 Å². The van der Waals surface area contributed by atoms with E-state index in [4.69, 9.17) is 5.11 Å². The summed E-state index contributed by atoms with van der Waals surface area (Å²) in [6.07, 6.45) is 2.42. The Morgan fingerprint density at radius 2 is 1.78 bits per heavy atom. The van der Waals surface area contributed by atoms with Gasteiger partial charge in [0.25, 0.3) is 0 Å². The minimum atomic E-state index is -0.792. The molecule has 3 aliphatic rings. The molecule has 3 heterocycles. The highest BCUT2D eigenvalue weighted by molar-refractivity contribution is 5.80. The number of nitrogens with zero attached hydrogens (tertiary/aromatic N) is 3. The van der Waals surface area contributed by atoms with Gasteiger partial charge < -0.3 is 14.9 Å². The second-order valence-electron chi connectivity index (χ2n) is 5.50. The monoisotopic (exact) mass is 253 g/mol. The Labute approximate surface area is 106 Å². The molecule has 0 aromatic rings. The number of fused-ring (bicyclic) bond motifs is 1. The second kappa shape index (κ2) is 4.42. The van der Waals surface area contributed by atoms with Crippen LogP contribution in [0.15, 0.2) is 0 Å². The molecule has 0 saturated carbocycles. The number of carbonyl (C=O) groups is 2. The van der Waals surface area contributed by atoms with Gasteiger partial charge in [-0.1, -0.05) is 0 Å². The van der Waals surface area contributed by atoms with Crippen molar-refractivity contribution < 1.29 is 14.7 Å². The van der Waals surface area contributed by atoms with Crippen LogP contribution in [-0.2, 0) is 4.79 Å². The van der Waals surface area contributed by atoms with Crippen LogP contribution in [0.1, 0.15) is 12.8 Å². The lowest BCUT2D eigenvalue weighted by atomic mass is 10.0. The first-order valence-corrected chi connectivity index (χ1v) is 6.66. The average Bonchev–Trinajstić information content (AvgIpc) is 2.72. The van der Waals surface area contributed by atoms with E-state index in [9.17, 15) is 9.59 Å². The van der Waals surface area contributed by atoms with Crippen molar-refractivity contribution in [3.05, 3.63) is 0 Å². The zero-order valence-corrected chi connectivity index (χ0v) is 10.4. The zero-order chi connectivity index (χ0) is 12.7. The fraction of sp³-hybridized carbons (Fsp3) is 0.833. The highest BCUT2D eigenvalue weighted by Crippen LogP contribution is 2.24. The van der Waals surface area contributed by atoms with Crippen LogP contribution in [0.2, 0.25) is 0 Å². The molecule has 3 aliphatic heterocycles. The molecule has 2 amide bonds. The van der Waals surface area contributed by atoms with E-state index in [1.54, 1.807) is 4.90 Å². The molecule has 0 aromatic heterocycles. The first-order valence-electron chi connectivity index (χ1n) is 6.66. The van der Waals surface area contributed by atoms with Crippen LogP contribution in [0, 0.1) is 5.92 Å². The molecule has 0 bridgehead atoms. The maximum atomic E-state index is 12.2. The molecular weight excluding hydrogens is 234 g/mol. The van der Waals surface area contributed by atoms with E-state index in [1.807, 2.05) is 4.90 Å². The molecular formula is C12H19N3O3. The normalized spacial score (nSPS) is 29.0. The molecule has 0 aromatic carbocycles. The first-order chi connectivity index (χ1) is 8.65. The lowest BCUT2D eigenvalue weighted by Crippen LogP contribution is -2.61. The van der Waals surface area contributed by atoms with Gasteiger partial charge in [0.15, 0.2) is 0 Å². The minimum Gasteiger partial charge on any atom is -0.481 e. The van der Waals surface area contributed by atoms with Crippen molar-refractivity contribution in [3.63, 3.8) is 0 Å². The Balaban J connectivity index is 1.53. The number of carboxylic acid groups (broad SMARTS) is 1. The van der Waals surface area contributed by atoms with Crippen molar-refractivity contribution in [3.8, 4) is 0 Å². The van der Waals surface area contributed by atoms with Crippen molar-refractivity contribution in [2.75, 3.05) is 39.3 Å². The van der Waals surface area contributed by atoms with E-state index in [2.05, 4.69) is 4.90 Å². The quantitative estimate of drug-likeness (QED) is 0.709. The summed E-state index contributed by atoms with van der Waals surface area (Å²) in [6, 6.07) is 0.554. The van der Waals surface area contributed by atoms with Crippen molar-refractivity contribution in [2.24, 2.45) is 5.92 Å². The second-order valence-corrected chi connectivity index (χ2v) is 5.50. The number of urea groups is 1. The van der Waals surface area contributed by atoms with Crippen LogP contribution < -0.4 is 0 Å². The molecule has 1 N–H and O–H groups in total. The highest BCUT2D eigenvalue weighted by Gasteiger charge is 2.40. The standard InChI is InChI=1S/C12H19N3O3/c16-11(17)9-6-15(7-9)12(18)14-5-4-13-3-1-2-10(13)8-14/h9-10H,1-8H2,(H,16,17). The van der Waals surface area contributed by atoms with E-state index in [-0.39, 0.29) is 11.9 Å². The zero-order valence-electron chi connectivity index (χ0n) is 10.4. The van der Waals surface area contributed by atoms with Gasteiger partial charge in [-0.05, 0) is 19.4 Å². The van der Waals surface area contributed by atoms with Crippen LogP contribution in [0.4, 0.5) is 4.79 Å². The van der Waals surface area contributed by atoms with Gasteiger partial charge in [-0.3, -0.25) is 9.69 Å². The third-order valence-corrected chi connectivity index (χ3v) is 4.36. The fourth-order valence-corrected chi connectivity index (χ4v) is 3.16. The van der Waals surface area contributed by atoms with Crippen molar-refractivity contribution in [1.82, 2.24) is 14.7 Å². The summed E-state index contributed by atoms with van der Waals surface area (Å²) in [5.41, 5.74) is 0. The molecule has 3 rings (SSSR count). The van der Waals surface area contributed by atoms with Crippen LogP contribution >= 0.6 is 0 Å². The predicted molar refractivity (Wildman–Crippen MR) is 64.3 cm³/mol. The minimum absolute atomic E-state index is 0.0269. The van der Waals surface area contributed by atoms with Gasteiger partial charge in [-0.15, -0.1) is 0 Å². The van der Waals surface area contributed by atoms with Crippen LogP contribution in [0.5, 0.6) is 0 Å². The molecule has 0 radical (unpaired) electrons. The Morgan fingerprint density at radius 1 is 1.00 bits per heavy atom. The molecule has 6 heteroatoms. The number of hydrogen-bond donors (Lipinski definition) is 1. The first kappa shape index (κ1) is 11.8. The van der Waals surface area contributed by atoms with Crippen molar-refractivity contribution in [2.45, 2.75) is 18.9 Å². The topological polar surface area (TPSA) is 64.1 Å². The molecule has 3 fully saturated rings. The molecule has 0 spiro atoms. The van der Waals surface area contributed by atoms with E-state index >= 15 is 0 Å². The summed E-state index contributed by atoms with van der Waals surface area (Å²) < 4.78 is 0. The van der Waals surface area contributed by atoms with Gasteiger partial charge in [0.1, 0.15) is 0 Å². The number of amides is 2. The molecule has 6 nitrogen and oxygen atoms in total. The van der Waals surface area contributed by atoms with Gasteiger partial charge in [0.2, 0.25) is 0 Å². The number of likely N-dealkylation sites (tertiary alicyclic amines) is 1. The van der Waals surface area contributed by atoms with E-state index in [1.165, 1.54) is 12.8 Å². The van der Waals surface area contributed by atoms with Crippen LogP contribution in [-0.4, -0.2) is 77.1 Å². The summed E-state index contributed by atoms with van der Waals surface area (Å²) >= 11 is 0. The lowest BCUT2D eigenvalue weighted by Gasteiger charge is -2.43. The largest absolute Gasteiger partial charge is 0.481 e. The fourth-order valence-electron chi connectivity index (χ4n) is 3.16. The number of rotatable bonds is 1. The van der Waals surface area contributed by atoms with Gasteiger partial charge in [0, 0.05) is 38.8 Å². The number of aliphatic carboxylic acids is 1. The smallest absolute Gasteiger partial charge is 0.320 e. The molecule has 1 unspecified atom stereocenters. The Bertz CT molecular complexity index is 368. The van der Waals surface area contributed by atoms with Crippen molar-refractivity contribution >= 4 is 12.0 Å². The SMILES string of the molecule is O=C(O)C1CN(C(=O)N2CCN3CCCC3C2)C1. The van der Waals surface area contributed by atoms with Crippen LogP contribution in [0.3, 0.4) is 0 Å². The van der Waals surface area contributed by atoms with E-state index < -0.39 is 5.97 Å². The molecule has 100 valence electrons. The third-order valence-electron chi connectivity index (χ3n) is 4.36. The predicted octanol–water partition coefficient (Wildman–Crippen LogP) is -0.0972. The van der Waals surface area contributed by atoms with Gasteiger partial charge in [-0.2, -0.15) is 0 Å². The Kier molecular flexibility index (Phi) is 2.89. The molecule has 18 heavy (non-hydrogen) atoms. The maximum absolute atomic E-state index is 12.2. The van der Waals surface area contributed by atoms with Gasteiger partial charge >= 0.3 is 12.0 Å².